The predicted molar refractivity (Wildman–Crippen MR) is 50.3 cm³/mol. The van der Waals surface area contributed by atoms with Crippen LogP contribution in [-0.4, -0.2) is 18.4 Å². The molecule has 0 rings (SSSR count). The Labute approximate surface area is 67.9 Å². The molecule has 0 aromatic rings. The molecule has 2 N–H and O–H groups in total. The fourth-order valence-electron chi connectivity index (χ4n) is 0.190. The zero-order valence-corrected chi connectivity index (χ0v) is 7.75. The Kier molecular flexibility index (Phi) is 13.5. The predicted octanol–water partition coefficient (Wildman–Crippen LogP) is 1.11. The number of thiocarbonyl (C=S) groups is 1. The highest BCUT2D eigenvalue weighted by Crippen LogP contribution is 1.60. The van der Waals surface area contributed by atoms with Crippen LogP contribution < -0.4 is 10.9 Å². The van der Waals surface area contributed by atoms with Gasteiger partial charge in [0.05, 0.1) is 5.49 Å². The van der Waals surface area contributed by atoms with Crippen LogP contribution in [0.15, 0.2) is 4.99 Å². The molecule has 0 saturated carbocycles. The van der Waals surface area contributed by atoms with E-state index in [9.17, 15) is 0 Å². The van der Waals surface area contributed by atoms with Gasteiger partial charge in [0.2, 0.25) is 0 Å². The van der Waals surface area contributed by atoms with Crippen LogP contribution in [0.4, 0.5) is 0 Å². The van der Waals surface area contributed by atoms with Crippen molar-refractivity contribution in [2.45, 2.75) is 20.8 Å². The second-order valence-electron chi connectivity index (χ2n) is 1.20. The van der Waals surface area contributed by atoms with E-state index in [-0.39, 0.29) is 0 Å². The molecule has 0 unspecified atom stereocenters. The van der Waals surface area contributed by atoms with Gasteiger partial charge in [-0.25, -0.2) is 0 Å². The fourth-order valence-corrected chi connectivity index (χ4v) is 0.249. The van der Waals surface area contributed by atoms with Crippen molar-refractivity contribution in [3.63, 3.8) is 0 Å². The van der Waals surface area contributed by atoms with Crippen molar-refractivity contribution in [2.24, 2.45) is 4.99 Å². The van der Waals surface area contributed by atoms with E-state index in [1.54, 1.807) is 7.05 Å². The van der Waals surface area contributed by atoms with E-state index in [4.69, 9.17) is 0 Å². The minimum absolute atomic E-state index is 0.811. The number of hydrogen-bond acceptors (Lipinski definition) is 2. The maximum atomic E-state index is 4.46. The maximum Gasteiger partial charge on any atom is 0.111 e. The van der Waals surface area contributed by atoms with E-state index in [0.717, 1.165) is 5.84 Å². The molecule has 0 aromatic heterocycles. The summed E-state index contributed by atoms with van der Waals surface area (Å²) in [5.41, 5.74) is 6.71. The highest BCUT2D eigenvalue weighted by molar-refractivity contribution is 7.78. The summed E-state index contributed by atoms with van der Waals surface area (Å²) in [4.78, 5) is 3.80. The van der Waals surface area contributed by atoms with Gasteiger partial charge in [-0.1, -0.05) is 26.1 Å². The van der Waals surface area contributed by atoms with Crippen LogP contribution in [0.1, 0.15) is 20.8 Å². The molecule has 0 fully saturated rings. The number of nitrogens with zero attached hydrogens (tertiary/aromatic N) is 1. The molecule has 10 heavy (non-hydrogen) atoms. The first kappa shape index (κ1) is 12.1. The van der Waals surface area contributed by atoms with Gasteiger partial charge >= 0.3 is 0 Å². The van der Waals surface area contributed by atoms with Gasteiger partial charge in [-0.05, 0) is 6.92 Å². The third-order valence-electron chi connectivity index (χ3n) is 0.647. The summed E-state index contributed by atoms with van der Waals surface area (Å²) in [6.07, 6.45) is 0. The smallest absolute Gasteiger partial charge is 0.111 e. The first-order valence-electron chi connectivity index (χ1n) is 3.20. The summed E-state index contributed by atoms with van der Waals surface area (Å²) in [5.74, 6) is 0.811. The number of nitrogens with one attached hydrogen (secondary N) is 2. The zero-order chi connectivity index (χ0) is 8.41. The molecule has 0 saturated heterocycles. The van der Waals surface area contributed by atoms with Crippen LogP contribution in [0.5, 0.6) is 0 Å². The topological polar surface area (TPSA) is 36.4 Å². The third kappa shape index (κ3) is 10.4. The molecular formula is C6H15N3S. The Morgan fingerprint density at radius 1 is 1.50 bits per heavy atom. The molecular weight excluding hydrogens is 146 g/mol. The van der Waals surface area contributed by atoms with Crippen LogP contribution in [0, 0.1) is 0 Å². The van der Waals surface area contributed by atoms with Crippen LogP contribution in [0.3, 0.4) is 0 Å². The van der Waals surface area contributed by atoms with E-state index < -0.39 is 0 Å². The van der Waals surface area contributed by atoms with Crippen molar-refractivity contribution in [1.82, 2.24) is 10.9 Å². The number of hydrogen-bond donors (Lipinski definition) is 2. The first-order chi connectivity index (χ1) is 4.81. The third-order valence-corrected chi connectivity index (χ3v) is 0.765. The van der Waals surface area contributed by atoms with E-state index in [1.165, 1.54) is 5.49 Å². The summed E-state index contributed by atoms with van der Waals surface area (Å²) in [7, 11) is 1.70. The quantitative estimate of drug-likeness (QED) is 0.276. The molecule has 0 aliphatic rings. The van der Waals surface area contributed by atoms with Crippen molar-refractivity contribution in [3.05, 3.63) is 0 Å². The average molecular weight is 161 g/mol. The standard InChI is InChI=1S/C4H9N3S.C2H6/c1-4(5-2)7-6-3-8;1-2/h3H,1-2H3,(H,5,7)(H,6,8);1-2H3. The summed E-state index contributed by atoms with van der Waals surface area (Å²) >= 11 is 4.46. The molecule has 0 aromatic carbocycles. The van der Waals surface area contributed by atoms with E-state index in [0.29, 0.717) is 0 Å². The van der Waals surface area contributed by atoms with Gasteiger partial charge in [0, 0.05) is 7.05 Å². The van der Waals surface area contributed by atoms with Crippen LogP contribution >= 0.6 is 12.2 Å². The maximum absolute atomic E-state index is 4.46. The van der Waals surface area contributed by atoms with Crippen LogP contribution in [-0.2, 0) is 0 Å². The largest absolute Gasteiger partial charge is 0.296 e. The van der Waals surface area contributed by atoms with Gasteiger partial charge in [-0.2, -0.15) is 0 Å². The van der Waals surface area contributed by atoms with Crippen molar-refractivity contribution >= 4 is 23.5 Å². The van der Waals surface area contributed by atoms with Gasteiger partial charge in [0.15, 0.2) is 0 Å². The summed E-state index contributed by atoms with van der Waals surface area (Å²) in [6, 6.07) is 0. The Balaban J connectivity index is 0. The first-order valence-corrected chi connectivity index (χ1v) is 3.67. The Morgan fingerprint density at radius 3 is 2.30 bits per heavy atom. The molecule has 4 heteroatoms. The highest BCUT2D eigenvalue weighted by atomic mass is 32.1. The van der Waals surface area contributed by atoms with Crippen molar-refractivity contribution in [1.29, 1.82) is 0 Å². The number of rotatable bonds is 2. The lowest BCUT2D eigenvalue weighted by Crippen LogP contribution is -2.33. The molecule has 0 radical (unpaired) electrons. The van der Waals surface area contributed by atoms with Crippen LogP contribution in [0.2, 0.25) is 0 Å². The summed E-state index contributed by atoms with van der Waals surface area (Å²) in [5, 5.41) is 0. The molecule has 0 aliphatic heterocycles. The molecule has 0 heterocycles. The van der Waals surface area contributed by atoms with Gasteiger partial charge < -0.3 is 0 Å². The molecule has 3 nitrogen and oxygen atoms in total. The second-order valence-corrected chi connectivity index (χ2v) is 1.43. The zero-order valence-electron chi connectivity index (χ0n) is 6.93. The highest BCUT2D eigenvalue weighted by Gasteiger charge is 1.77. The van der Waals surface area contributed by atoms with Crippen molar-refractivity contribution in [2.75, 3.05) is 7.05 Å². The Hall–Kier alpha value is -0.640. The monoisotopic (exact) mass is 161 g/mol. The molecule has 0 spiro atoms. The second kappa shape index (κ2) is 11.2. The molecule has 0 aliphatic carbocycles. The van der Waals surface area contributed by atoms with Crippen molar-refractivity contribution < 1.29 is 0 Å². The van der Waals surface area contributed by atoms with Gasteiger partial charge in [0.25, 0.3) is 0 Å². The molecule has 0 bridgehead atoms. The molecule has 0 atom stereocenters. The Morgan fingerprint density at radius 2 is 2.00 bits per heavy atom. The summed E-state index contributed by atoms with van der Waals surface area (Å²) in [6.45, 7) is 5.84. The van der Waals surface area contributed by atoms with Gasteiger partial charge in [0.1, 0.15) is 5.84 Å². The van der Waals surface area contributed by atoms with E-state index in [2.05, 4.69) is 28.1 Å². The number of amidine groups is 1. The fraction of sp³-hybridized carbons (Fsp3) is 0.667. The molecule has 0 amide bonds. The van der Waals surface area contributed by atoms with Gasteiger partial charge in [-0.15, -0.1) is 0 Å². The van der Waals surface area contributed by atoms with Crippen LogP contribution in [0.25, 0.3) is 0 Å². The Bertz CT molecular complexity index is 101. The average Bonchev–Trinajstić information content (AvgIpc) is 2.04. The minimum Gasteiger partial charge on any atom is -0.296 e. The SMILES string of the molecule is CC.CN=C(C)NNC=S. The van der Waals surface area contributed by atoms with Gasteiger partial charge in [-0.3, -0.25) is 15.8 Å². The van der Waals surface area contributed by atoms with E-state index in [1.807, 2.05) is 20.8 Å². The molecule has 60 valence electrons. The summed E-state index contributed by atoms with van der Waals surface area (Å²) < 4.78 is 0. The van der Waals surface area contributed by atoms with Crippen molar-refractivity contribution in [3.8, 4) is 0 Å². The lowest BCUT2D eigenvalue weighted by Gasteiger charge is -1.99. The van der Waals surface area contributed by atoms with E-state index >= 15 is 0 Å². The number of aliphatic imine (C=N–C) groups is 1. The minimum atomic E-state index is 0.811. The normalized spacial score (nSPS) is 9.00. The lowest BCUT2D eigenvalue weighted by molar-refractivity contribution is 0.883. The number of hydrazine groups is 1. The lowest BCUT2D eigenvalue weighted by atomic mass is 10.7.